The molecule has 0 spiro atoms. The van der Waals surface area contributed by atoms with Gasteiger partial charge in [-0.25, -0.2) is 0 Å². The molecule has 15 aliphatic rings. The largest absolute Gasteiger partial charge is 0.394 e. The molecule has 0 aromatic heterocycles. The molecule has 87 heavy (non-hydrogen) atoms. The highest BCUT2D eigenvalue weighted by Crippen LogP contribution is 2.40. The Labute approximate surface area is 492 Å². The molecule has 37 nitrogen and oxygen atoms in total. The molecule has 20 N–H and O–H groups in total. The van der Waals surface area contributed by atoms with Crippen molar-refractivity contribution in [2.45, 2.75) is 227 Å². The second kappa shape index (κ2) is 29.0. The van der Waals surface area contributed by atoms with Crippen molar-refractivity contribution >= 4 is 10.1 Å². The molecule has 15 heterocycles. The second-order valence-corrected chi connectivity index (χ2v) is 23.6. The van der Waals surface area contributed by atoms with E-state index in [1.165, 1.54) is 12.1 Å². The van der Waals surface area contributed by atoms with Crippen LogP contribution in [0.5, 0.6) is 0 Å². The number of rotatable bonds is 10. The van der Waals surface area contributed by atoms with Crippen LogP contribution in [0.1, 0.15) is 5.56 Å². The maximum absolute atomic E-state index is 14.0. The van der Waals surface area contributed by atoms with Crippen LogP contribution in [0, 0.1) is 6.92 Å². The normalized spacial score (nSPS) is 50.5. The first-order valence-corrected chi connectivity index (χ1v) is 29.0. The first-order chi connectivity index (χ1) is 41.3. The van der Waals surface area contributed by atoms with Crippen molar-refractivity contribution in [3.05, 3.63) is 29.8 Å². The summed E-state index contributed by atoms with van der Waals surface area (Å²) in [5, 5.41) is 223. The van der Waals surface area contributed by atoms with Gasteiger partial charge in [0.25, 0.3) is 10.1 Å². The molecule has 14 bridgehead atoms. The van der Waals surface area contributed by atoms with Gasteiger partial charge in [-0.05, 0) is 19.1 Å². The summed E-state index contributed by atoms with van der Waals surface area (Å²) >= 11 is 0. The first-order valence-electron chi connectivity index (χ1n) is 27.6. The molecule has 15 saturated heterocycles. The van der Waals surface area contributed by atoms with Gasteiger partial charge in [-0.3, -0.25) is 4.18 Å². The predicted octanol–water partition coefficient (Wildman–Crippen LogP) is -13.5. The summed E-state index contributed by atoms with van der Waals surface area (Å²) in [7, 11) is -5.02. The molecule has 35 atom stereocenters. The van der Waals surface area contributed by atoms with Gasteiger partial charge in [-0.1, -0.05) is 17.7 Å². The van der Waals surface area contributed by atoms with Crippen LogP contribution >= 0.6 is 0 Å². The Morgan fingerprint density at radius 1 is 0.299 bits per heavy atom. The molecule has 1 aromatic carbocycles. The van der Waals surface area contributed by atoms with E-state index in [9.17, 15) is 111 Å². The third-order valence-corrected chi connectivity index (χ3v) is 17.6. The van der Waals surface area contributed by atoms with Gasteiger partial charge in [0.2, 0.25) is 0 Å². The lowest BCUT2D eigenvalue weighted by molar-refractivity contribution is -0.396. The number of benzene rings is 1. The van der Waals surface area contributed by atoms with Crippen molar-refractivity contribution in [2.24, 2.45) is 0 Å². The summed E-state index contributed by atoms with van der Waals surface area (Å²) in [5.74, 6) is 0. The summed E-state index contributed by atoms with van der Waals surface area (Å²) < 4.78 is 114. The van der Waals surface area contributed by atoms with Crippen LogP contribution in [0.15, 0.2) is 29.2 Å². The van der Waals surface area contributed by atoms with Crippen LogP contribution in [-0.4, -0.2) is 372 Å². The van der Waals surface area contributed by atoms with Crippen molar-refractivity contribution in [3.63, 3.8) is 0 Å². The molecule has 0 amide bonds. The Kier molecular flexibility index (Phi) is 23.0. The van der Waals surface area contributed by atoms with Gasteiger partial charge < -0.3 is 168 Å². The predicted molar refractivity (Wildman–Crippen MR) is 266 cm³/mol. The van der Waals surface area contributed by atoms with E-state index in [2.05, 4.69) is 0 Å². The smallest absolute Gasteiger partial charge is 0.297 e. The lowest BCUT2D eigenvalue weighted by atomic mass is 9.95. The van der Waals surface area contributed by atoms with Gasteiger partial charge in [0, 0.05) is 0 Å². The molecular weight excluding hydrogens is 1210 g/mol. The molecule has 0 aliphatic carbocycles. The van der Waals surface area contributed by atoms with Crippen LogP contribution in [0.2, 0.25) is 0 Å². The lowest BCUT2D eigenvalue weighted by Crippen LogP contribution is -2.68. The van der Waals surface area contributed by atoms with Gasteiger partial charge in [0.15, 0.2) is 50.1 Å². The molecule has 1 aromatic rings. The fraction of sp³-hybridized carbons (Fsp3) is 0.878. The number of aliphatic hydroxyl groups excluding tert-OH is 20. The van der Waals surface area contributed by atoms with E-state index in [1.54, 1.807) is 6.92 Å². The monoisotopic (exact) mass is 1290 g/mol. The van der Waals surface area contributed by atoms with E-state index in [1.807, 2.05) is 0 Å². The highest BCUT2D eigenvalue weighted by Gasteiger charge is 2.60. The Morgan fingerprint density at radius 2 is 0.494 bits per heavy atom. The summed E-state index contributed by atoms with van der Waals surface area (Å²) in [4.78, 5) is -0.504. The average molecular weight is 1290 g/mol. The van der Waals surface area contributed by atoms with Crippen molar-refractivity contribution in [1.29, 1.82) is 0 Å². The van der Waals surface area contributed by atoms with Crippen LogP contribution < -0.4 is 0 Å². The maximum atomic E-state index is 14.0. The SMILES string of the molecule is Cc1ccc(S(=O)(=O)O[C@H]2[C@H]3O[C@H]4[C@H](O)[C@@H](O)[C@@H](O[C@H]5[C@H](O)[C@@H](O)[C@@H](O[C@H]6[C@H](O)[C@@H](O)[C@@H](O[C@H]7[C@H](O)[C@@H](O)[C@@H](O[C@H]8[C@H](O)[C@@H](O)[C@@H](O[C@H]9[C@H](O)[C@@H](O)[C@@H](O[C@@H]([C@@H]2O)[C@@H](CO)O3)O[C@@H]9CO)O[C@@H]8CO)O[C@H]7CO)O[C@@H]6CO)O[C@@H]5CO)O[C@@H]4CO)cc1. The molecule has 16 rings (SSSR count). The highest BCUT2D eigenvalue weighted by atomic mass is 32.2. The molecule has 0 saturated carbocycles. The van der Waals surface area contributed by atoms with E-state index in [4.69, 9.17) is 70.5 Å². The molecule has 0 radical (unpaired) electrons. The van der Waals surface area contributed by atoms with Crippen molar-refractivity contribution in [3.8, 4) is 0 Å². The molecule has 15 aliphatic heterocycles. The van der Waals surface area contributed by atoms with Gasteiger partial charge in [-0.2, -0.15) is 8.42 Å². The van der Waals surface area contributed by atoms with Crippen molar-refractivity contribution in [1.82, 2.24) is 0 Å². The Hall–Kier alpha value is -2.23. The zero-order valence-corrected chi connectivity index (χ0v) is 46.6. The molecule has 15 fully saturated rings. The maximum Gasteiger partial charge on any atom is 0.297 e. The third-order valence-electron chi connectivity index (χ3n) is 16.3. The van der Waals surface area contributed by atoms with Gasteiger partial charge in [-0.15, -0.1) is 0 Å². The fourth-order valence-corrected chi connectivity index (χ4v) is 12.5. The van der Waals surface area contributed by atoms with Gasteiger partial charge >= 0.3 is 0 Å². The zero-order valence-electron chi connectivity index (χ0n) is 45.8. The van der Waals surface area contributed by atoms with Crippen LogP contribution in [0.25, 0.3) is 0 Å². The minimum atomic E-state index is -5.02. The van der Waals surface area contributed by atoms with Gasteiger partial charge in [0.05, 0.1) is 51.1 Å². The summed E-state index contributed by atoms with van der Waals surface area (Å²) in [6.45, 7) is -6.12. The summed E-state index contributed by atoms with van der Waals surface area (Å²) in [5.41, 5.74) is 0.600. The minimum Gasteiger partial charge on any atom is -0.394 e. The van der Waals surface area contributed by atoms with E-state index in [0.29, 0.717) is 5.56 Å². The van der Waals surface area contributed by atoms with Crippen LogP contribution in [0.3, 0.4) is 0 Å². The van der Waals surface area contributed by atoms with E-state index < -0.39 is 276 Å². The number of hydrogen-bond acceptors (Lipinski definition) is 37. The van der Waals surface area contributed by atoms with Gasteiger partial charge in [0.1, 0.15) is 165 Å². The lowest BCUT2D eigenvalue weighted by Gasteiger charge is -2.50. The molecule has 38 heteroatoms. The first kappa shape index (κ1) is 69.1. The van der Waals surface area contributed by atoms with Crippen LogP contribution in [0.4, 0.5) is 0 Å². The standard InChI is InChI=1S/C49H76O37S/c1-13-2-4-14(5-3-13)87(70,71)86-42-34(69)41-21(12-56)78-49(42)85-40-20(11-55)77-47(33(68)27(40)62)83-38-18(9-53)75-45(31(66)25(38)60)81-36-16(7-51)73-43(29(64)23(36)58)79-35-15(6-50)72-44(28(63)22(35)57)80-37-17(8-52)74-46(30(65)24(37)59)82-39-19(10-54)76-48(84-41)32(67)26(39)61/h2-5,15-69H,6-12H2,1H3/t15-,16+,17+,18+,19+,20+,21+,22+,23+,24+,25+,26+,27+,28+,29+,30+,31+,32+,33+,34-,35+,36+,37+,38+,39+,40+,41+,42+,43+,44+,45+,46+,47+,48+,49+/m0/s1. The molecular formula is C49H76O37S. The molecule has 500 valence electrons. The quantitative estimate of drug-likeness (QED) is 0.0967. The van der Waals surface area contributed by atoms with Crippen LogP contribution in [-0.2, 0) is 80.6 Å². The topological polar surface area (TPSA) is 577 Å². The Balaban J connectivity index is 1.04. The van der Waals surface area contributed by atoms with E-state index in [0.717, 1.165) is 12.1 Å². The van der Waals surface area contributed by atoms with E-state index in [-0.39, 0.29) is 0 Å². The highest BCUT2D eigenvalue weighted by molar-refractivity contribution is 7.86. The van der Waals surface area contributed by atoms with E-state index >= 15 is 0 Å². The number of aliphatic hydroxyl groups is 20. The Bertz CT molecular complexity index is 2430. The summed E-state index contributed by atoms with van der Waals surface area (Å²) in [6.07, 6.45) is -73.3. The average Bonchev–Trinajstić information content (AvgIpc) is 1.18. The second-order valence-electron chi connectivity index (χ2n) is 22.0. The molecule has 0 unspecified atom stereocenters. The minimum absolute atomic E-state index is 0.504. The number of ether oxygens (including phenoxy) is 14. The number of hydrogen-bond donors (Lipinski definition) is 20. The fourth-order valence-electron chi connectivity index (χ4n) is 11.4. The van der Waals surface area contributed by atoms with Crippen molar-refractivity contribution < 1.29 is 181 Å². The van der Waals surface area contributed by atoms with Crippen molar-refractivity contribution in [2.75, 3.05) is 46.2 Å². The zero-order chi connectivity index (χ0) is 63.2. The number of aryl methyl sites for hydroxylation is 1. The Morgan fingerprint density at radius 3 is 0.713 bits per heavy atom. The number of fused-ring (bicyclic) bond motifs is 7. The third kappa shape index (κ3) is 13.9. The summed E-state index contributed by atoms with van der Waals surface area (Å²) in [6, 6.07) is 5.02.